The Kier molecular flexibility index (Phi) is 6.47. The molecule has 1 fully saturated rings. The summed E-state index contributed by atoms with van der Waals surface area (Å²) >= 11 is 0. The summed E-state index contributed by atoms with van der Waals surface area (Å²) in [6.07, 6.45) is 0.180. The molecule has 0 spiro atoms. The molecular weight excluding hydrogens is 220 g/mol. The highest BCUT2D eigenvalue weighted by Gasteiger charge is 2.23. The van der Waals surface area contributed by atoms with Crippen LogP contribution in [0.25, 0.3) is 0 Å². The fourth-order valence-corrected chi connectivity index (χ4v) is 1.77. The lowest BCUT2D eigenvalue weighted by Crippen LogP contribution is -2.50. The maximum Gasteiger partial charge on any atom is 0.323 e. The smallest absolute Gasteiger partial charge is 0.323 e. The van der Waals surface area contributed by atoms with Crippen molar-refractivity contribution in [3.05, 3.63) is 0 Å². The zero-order valence-corrected chi connectivity index (χ0v) is 11.1. The van der Waals surface area contributed by atoms with Gasteiger partial charge in [0.1, 0.15) is 12.6 Å². The van der Waals surface area contributed by atoms with Crippen LogP contribution in [0.3, 0.4) is 0 Å². The molecule has 1 aliphatic rings. The molecule has 1 rings (SSSR count). The summed E-state index contributed by atoms with van der Waals surface area (Å²) in [5, 5.41) is 3.26. The van der Waals surface area contributed by atoms with Crippen molar-refractivity contribution >= 4 is 5.97 Å². The molecular formula is C12H24N2O3. The molecule has 100 valence electrons. The highest BCUT2D eigenvalue weighted by molar-refractivity contribution is 5.75. The fourth-order valence-electron chi connectivity index (χ4n) is 1.77. The van der Waals surface area contributed by atoms with Gasteiger partial charge in [-0.2, -0.15) is 0 Å². The van der Waals surface area contributed by atoms with Crippen molar-refractivity contribution in [2.45, 2.75) is 32.9 Å². The molecule has 1 heterocycles. The van der Waals surface area contributed by atoms with Crippen molar-refractivity contribution in [1.29, 1.82) is 0 Å². The minimum absolute atomic E-state index is 0.153. The Labute approximate surface area is 103 Å². The number of piperazine rings is 1. The number of nitrogens with zero attached hydrogens (tertiary/aromatic N) is 1. The van der Waals surface area contributed by atoms with Crippen LogP contribution in [0.2, 0.25) is 0 Å². The van der Waals surface area contributed by atoms with Crippen molar-refractivity contribution in [2.24, 2.45) is 0 Å². The van der Waals surface area contributed by atoms with Crippen LogP contribution in [0.15, 0.2) is 0 Å². The minimum atomic E-state index is -0.156. The van der Waals surface area contributed by atoms with Gasteiger partial charge < -0.3 is 14.8 Å². The maximum absolute atomic E-state index is 11.7. The van der Waals surface area contributed by atoms with Crippen molar-refractivity contribution in [2.75, 3.05) is 39.4 Å². The Balaban J connectivity index is 2.17. The SMILES string of the molecule is CC(C)OCCOC(=O)C(C)N1CCNCC1. The topological polar surface area (TPSA) is 50.8 Å². The standard InChI is InChI=1S/C12H24N2O3/c1-10(2)16-8-9-17-12(15)11(3)14-6-4-13-5-7-14/h10-11,13H,4-9H2,1-3H3. The Bertz CT molecular complexity index is 228. The number of nitrogens with one attached hydrogen (secondary N) is 1. The first-order valence-corrected chi connectivity index (χ1v) is 6.34. The number of ether oxygens (including phenoxy) is 2. The van der Waals surface area contributed by atoms with Gasteiger partial charge in [0.2, 0.25) is 0 Å². The monoisotopic (exact) mass is 244 g/mol. The maximum atomic E-state index is 11.7. The second-order valence-corrected chi connectivity index (χ2v) is 4.55. The third kappa shape index (κ3) is 5.48. The van der Waals surface area contributed by atoms with Gasteiger partial charge in [0, 0.05) is 26.2 Å². The van der Waals surface area contributed by atoms with Crippen LogP contribution in [0.1, 0.15) is 20.8 Å². The summed E-state index contributed by atoms with van der Waals surface area (Å²) in [6.45, 7) is 10.3. The summed E-state index contributed by atoms with van der Waals surface area (Å²) < 4.78 is 10.5. The van der Waals surface area contributed by atoms with E-state index in [1.165, 1.54) is 0 Å². The second kappa shape index (κ2) is 7.63. The zero-order chi connectivity index (χ0) is 12.7. The summed E-state index contributed by atoms with van der Waals surface area (Å²) in [5.41, 5.74) is 0. The van der Waals surface area contributed by atoms with E-state index in [1.54, 1.807) is 0 Å². The molecule has 0 aromatic rings. The molecule has 5 nitrogen and oxygen atoms in total. The van der Waals surface area contributed by atoms with Crippen molar-refractivity contribution in [3.8, 4) is 0 Å². The first kappa shape index (κ1) is 14.4. The van der Waals surface area contributed by atoms with Gasteiger partial charge in [0.25, 0.3) is 0 Å². The number of hydrogen-bond donors (Lipinski definition) is 1. The molecule has 0 amide bonds. The Morgan fingerprint density at radius 2 is 1.88 bits per heavy atom. The first-order chi connectivity index (χ1) is 8.11. The van der Waals surface area contributed by atoms with E-state index < -0.39 is 0 Å². The van der Waals surface area contributed by atoms with Crippen LogP contribution in [0.5, 0.6) is 0 Å². The molecule has 5 heteroatoms. The zero-order valence-electron chi connectivity index (χ0n) is 11.1. The molecule has 0 bridgehead atoms. The van der Waals surface area contributed by atoms with E-state index in [2.05, 4.69) is 10.2 Å². The van der Waals surface area contributed by atoms with E-state index in [0.717, 1.165) is 26.2 Å². The summed E-state index contributed by atoms with van der Waals surface area (Å²) in [7, 11) is 0. The average Bonchev–Trinajstić information content (AvgIpc) is 2.34. The van der Waals surface area contributed by atoms with Gasteiger partial charge in [-0.15, -0.1) is 0 Å². The Hall–Kier alpha value is -0.650. The first-order valence-electron chi connectivity index (χ1n) is 6.34. The number of esters is 1. The molecule has 0 aromatic heterocycles. The number of carbonyl (C=O) groups is 1. The van der Waals surface area contributed by atoms with E-state index in [4.69, 9.17) is 9.47 Å². The van der Waals surface area contributed by atoms with Gasteiger partial charge in [0.15, 0.2) is 0 Å². The van der Waals surface area contributed by atoms with Crippen LogP contribution in [0.4, 0.5) is 0 Å². The molecule has 0 radical (unpaired) electrons. The van der Waals surface area contributed by atoms with Gasteiger partial charge >= 0.3 is 5.97 Å². The van der Waals surface area contributed by atoms with Crippen molar-refractivity contribution in [1.82, 2.24) is 10.2 Å². The van der Waals surface area contributed by atoms with Crippen molar-refractivity contribution < 1.29 is 14.3 Å². The molecule has 1 saturated heterocycles. The van der Waals surface area contributed by atoms with Gasteiger partial charge in [-0.3, -0.25) is 9.69 Å². The van der Waals surface area contributed by atoms with E-state index in [-0.39, 0.29) is 18.1 Å². The van der Waals surface area contributed by atoms with Crippen LogP contribution in [-0.4, -0.2) is 62.4 Å². The molecule has 1 aliphatic heterocycles. The Morgan fingerprint density at radius 1 is 1.24 bits per heavy atom. The normalized spacial score (nSPS) is 19.3. The van der Waals surface area contributed by atoms with Crippen LogP contribution in [-0.2, 0) is 14.3 Å². The summed E-state index contributed by atoms with van der Waals surface area (Å²) in [6, 6.07) is -0.156. The molecule has 0 aromatic carbocycles. The van der Waals surface area contributed by atoms with Gasteiger partial charge in [0.05, 0.1) is 12.7 Å². The molecule has 1 unspecified atom stereocenters. The van der Waals surface area contributed by atoms with Crippen LogP contribution >= 0.6 is 0 Å². The third-order valence-electron chi connectivity index (χ3n) is 2.82. The highest BCUT2D eigenvalue weighted by Crippen LogP contribution is 2.03. The van der Waals surface area contributed by atoms with E-state index in [1.807, 2.05) is 20.8 Å². The lowest BCUT2D eigenvalue weighted by atomic mass is 10.2. The van der Waals surface area contributed by atoms with Gasteiger partial charge in [-0.1, -0.05) is 0 Å². The molecule has 1 atom stereocenters. The van der Waals surface area contributed by atoms with E-state index in [0.29, 0.717) is 13.2 Å². The number of carbonyl (C=O) groups excluding carboxylic acids is 1. The molecule has 17 heavy (non-hydrogen) atoms. The Morgan fingerprint density at radius 3 is 2.47 bits per heavy atom. The fraction of sp³-hybridized carbons (Fsp3) is 0.917. The second-order valence-electron chi connectivity index (χ2n) is 4.55. The number of rotatable bonds is 6. The molecule has 1 N–H and O–H groups in total. The molecule has 0 aliphatic carbocycles. The summed E-state index contributed by atoms with van der Waals surface area (Å²) in [4.78, 5) is 13.9. The molecule has 0 saturated carbocycles. The quantitative estimate of drug-likeness (QED) is 0.536. The predicted molar refractivity (Wildman–Crippen MR) is 66.0 cm³/mol. The largest absolute Gasteiger partial charge is 0.462 e. The predicted octanol–water partition coefficient (Wildman–Crippen LogP) is 0.248. The van der Waals surface area contributed by atoms with E-state index >= 15 is 0 Å². The lowest BCUT2D eigenvalue weighted by molar-refractivity contribution is -0.151. The van der Waals surface area contributed by atoms with E-state index in [9.17, 15) is 4.79 Å². The minimum Gasteiger partial charge on any atom is -0.462 e. The van der Waals surface area contributed by atoms with Gasteiger partial charge in [-0.25, -0.2) is 0 Å². The number of hydrogen-bond acceptors (Lipinski definition) is 5. The van der Waals surface area contributed by atoms with Crippen LogP contribution in [0, 0.1) is 0 Å². The third-order valence-corrected chi connectivity index (χ3v) is 2.82. The summed E-state index contributed by atoms with van der Waals surface area (Å²) in [5.74, 6) is -0.153. The lowest BCUT2D eigenvalue weighted by Gasteiger charge is -2.31. The van der Waals surface area contributed by atoms with Crippen LogP contribution < -0.4 is 5.32 Å². The van der Waals surface area contributed by atoms with Gasteiger partial charge in [-0.05, 0) is 20.8 Å². The average molecular weight is 244 g/mol. The highest BCUT2D eigenvalue weighted by atomic mass is 16.6. The van der Waals surface area contributed by atoms with Crippen molar-refractivity contribution in [3.63, 3.8) is 0 Å².